The summed E-state index contributed by atoms with van der Waals surface area (Å²) in [5, 5.41) is 0. The number of hydrogen-bond acceptors (Lipinski definition) is 6. The van der Waals surface area contributed by atoms with Crippen molar-refractivity contribution in [1.29, 1.82) is 0 Å². The van der Waals surface area contributed by atoms with Crippen LogP contribution in [-0.4, -0.2) is 79.3 Å². The van der Waals surface area contributed by atoms with Crippen LogP contribution in [0.2, 0.25) is 0 Å². The van der Waals surface area contributed by atoms with E-state index in [1.807, 2.05) is 24.3 Å². The van der Waals surface area contributed by atoms with Crippen LogP contribution in [0.4, 0.5) is 19.0 Å². The van der Waals surface area contributed by atoms with E-state index in [0.29, 0.717) is 18.5 Å². The Kier molecular flexibility index (Phi) is 6.34. The first-order valence-electron chi connectivity index (χ1n) is 11.6. The van der Waals surface area contributed by atoms with Gasteiger partial charge in [-0.1, -0.05) is 12.1 Å². The molecule has 0 radical (unpaired) electrons. The van der Waals surface area contributed by atoms with Crippen LogP contribution in [0.25, 0.3) is 0 Å². The van der Waals surface area contributed by atoms with Gasteiger partial charge < -0.3 is 14.4 Å². The van der Waals surface area contributed by atoms with Gasteiger partial charge in [-0.2, -0.15) is 13.2 Å². The van der Waals surface area contributed by atoms with Crippen molar-refractivity contribution in [2.45, 2.75) is 31.2 Å². The average molecular weight is 463 g/mol. The number of piperazine rings is 1. The van der Waals surface area contributed by atoms with E-state index in [1.54, 1.807) is 0 Å². The van der Waals surface area contributed by atoms with E-state index in [4.69, 9.17) is 9.47 Å². The molecule has 3 aliphatic heterocycles. The lowest BCUT2D eigenvalue weighted by Crippen LogP contribution is -2.54. The van der Waals surface area contributed by atoms with Crippen molar-refractivity contribution in [2.75, 3.05) is 57.3 Å². The maximum Gasteiger partial charge on any atom is 0.417 e. The summed E-state index contributed by atoms with van der Waals surface area (Å²) in [4.78, 5) is 11.1. The number of likely N-dealkylation sites (tertiary alicyclic amines) is 1. The summed E-state index contributed by atoms with van der Waals surface area (Å²) in [7, 11) is 0. The predicted octanol–water partition coefficient (Wildman–Crippen LogP) is 3.53. The van der Waals surface area contributed by atoms with Gasteiger partial charge in [0.05, 0.1) is 5.56 Å². The molecule has 1 unspecified atom stereocenters. The smallest absolute Gasteiger partial charge is 0.417 e. The lowest BCUT2D eigenvalue weighted by atomic mass is 10.0. The van der Waals surface area contributed by atoms with E-state index in [9.17, 15) is 13.2 Å². The number of anilines is 1. The van der Waals surface area contributed by atoms with Crippen molar-refractivity contribution in [3.8, 4) is 11.5 Å². The highest BCUT2D eigenvalue weighted by molar-refractivity contribution is 5.41. The zero-order valence-electron chi connectivity index (χ0n) is 18.5. The number of fused-ring (bicyclic) bond motifs is 1. The molecule has 2 aromatic rings. The Morgan fingerprint density at radius 1 is 0.909 bits per heavy atom. The first-order chi connectivity index (χ1) is 16.0. The number of hydrogen-bond donors (Lipinski definition) is 0. The SMILES string of the molecule is FC(F)(F)c1ccc(N2CCN(C3CCN(CC4COc5ccccc5O4)CC3)CC2)nc1. The lowest BCUT2D eigenvalue weighted by molar-refractivity contribution is -0.137. The summed E-state index contributed by atoms with van der Waals surface area (Å²) in [6, 6.07) is 10.9. The van der Waals surface area contributed by atoms with Gasteiger partial charge in [0.15, 0.2) is 11.5 Å². The number of piperidine rings is 1. The van der Waals surface area contributed by atoms with Crippen molar-refractivity contribution in [1.82, 2.24) is 14.8 Å². The van der Waals surface area contributed by atoms with Gasteiger partial charge in [0.25, 0.3) is 0 Å². The molecule has 9 heteroatoms. The first kappa shape index (κ1) is 22.3. The number of halogens is 3. The van der Waals surface area contributed by atoms with Crippen LogP contribution in [0.15, 0.2) is 42.6 Å². The maximum absolute atomic E-state index is 12.8. The Morgan fingerprint density at radius 2 is 1.64 bits per heavy atom. The molecule has 0 saturated carbocycles. The molecule has 0 aliphatic carbocycles. The molecular weight excluding hydrogens is 433 g/mol. The fourth-order valence-electron chi connectivity index (χ4n) is 4.97. The van der Waals surface area contributed by atoms with E-state index in [0.717, 1.165) is 82.4 Å². The Morgan fingerprint density at radius 3 is 2.30 bits per heavy atom. The van der Waals surface area contributed by atoms with Crippen molar-refractivity contribution in [3.63, 3.8) is 0 Å². The summed E-state index contributed by atoms with van der Waals surface area (Å²) < 4.78 is 50.2. The fraction of sp³-hybridized carbons (Fsp3) is 0.542. The van der Waals surface area contributed by atoms with Gasteiger partial charge >= 0.3 is 6.18 Å². The Labute approximate surface area is 191 Å². The third-order valence-corrected chi connectivity index (χ3v) is 6.82. The summed E-state index contributed by atoms with van der Waals surface area (Å²) in [5.41, 5.74) is -0.703. The van der Waals surface area contributed by atoms with E-state index in [1.165, 1.54) is 6.07 Å². The summed E-state index contributed by atoms with van der Waals surface area (Å²) >= 11 is 0. The number of aromatic nitrogens is 1. The topological polar surface area (TPSA) is 41.1 Å². The van der Waals surface area contributed by atoms with Gasteiger partial charge in [0, 0.05) is 45.0 Å². The summed E-state index contributed by atoms with van der Waals surface area (Å²) in [6.07, 6.45) is -1.14. The highest BCUT2D eigenvalue weighted by Crippen LogP contribution is 2.32. The van der Waals surface area contributed by atoms with Crippen LogP contribution >= 0.6 is 0 Å². The second-order valence-electron chi connectivity index (χ2n) is 8.96. The number of rotatable bonds is 4. The highest BCUT2D eigenvalue weighted by atomic mass is 19.4. The van der Waals surface area contributed by atoms with Gasteiger partial charge in [0.1, 0.15) is 18.5 Å². The molecule has 2 fully saturated rings. The molecule has 0 spiro atoms. The number of pyridine rings is 1. The molecule has 33 heavy (non-hydrogen) atoms. The minimum Gasteiger partial charge on any atom is -0.486 e. The number of benzene rings is 1. The molecule has 0 N–H and O–H groups in total. The second kappa shape index (κ2) is 9.38. The zero-order valence-corrected chi connectivity index (χ0v) is 18.5. The highest BCUT2D eigenvalue weighted by Gasteiger charge is 2.32. The minimum atomic E-state index is -4.35. The minimum absolute atomic E-state index is 0.0521. The van der Waals surface area contributed by atoms with Gasteiger partial charge in [-0.05, 0) is 50.2 Å². The zero-order chi connectivity index (χ0) is 22.8. The van der Waals surface area contributed by atoms with Crippen LogP contribution < -0.4 is 14.4 Å². The Hall–Kier alpha value is -2.52. The normalized spacial score (nSPS) is 23.0. The molecule has 1 aromatic heterocycles. The van der Waals surface area contributed by atoms with Crippen molar-refractivity contribution in [2.24, 2.45) is 0 Å². The van der Waals surface area contributed by atoms with Gasteiger partial charge in [-0.15, -0.1) is 0 Å². The molecule has 1 atom stereocenters. The number of alkyl halides is 3. The van der Waals surface area contributed by atoms with Gasteiger partial charge in [-0.3, -0.25) is 9.80 Å². The first-order valence-corrected chi connectivity index (χ1v) is 11.6. The van der Waals surface area contributed by atoms with Crippen LogP contribution in [0.1, 0.15) is 18.4 Å². The Balaban J connectivity index is 1.06. The third-order valence-electron chi connectivity index (χ3n) is 6.82. The van der Waals surface area contributed by atoms with Crippen LogP contribution in [0.5, 0.6) is 11.5 Å². The molecule has 3 aliphatic rings. The molecule has 5 rings (SSSR count). The van der Waals surface area contributed by atoms with E-state index in [2.05, 4.69) is 19.7 Å². The van der Waals surface area contributed by atoms with Crippen molar-refractivity contribution < 1.29 is 22.6 Å². The molecule has 0 amide bonds. The average Bonchev–Trinajstić information content (AvgIpc) is 2.84. The predicted molar refractivity (Wildman–Crippen MR) is 119 cm³/mol. The largest absolute Gasteiger partial charge is 0.486 e. The molecular formula is C24H29F3N4O2. The molecule has 6 nitrogen and oxygen atoms in total. The number of para-hydroxylation sites is 2. The Bertz CT molecular complexity index is 924. The van der Waals surface area contributed by atoms with Crippen molar-refractivity contribution in [3.05, 3.63) is 48.2 Å². The van der Waals surface area contributed by atoms with Gasteiger partial charge in [0.2, 0.25) is 0 Å². The fourth-order valence-corrected chi connectivity index (χ4v) is 4.97. The van der Waals surface area contributed by atoms with Crippen LogP contribution in [0, 0.1) is 0 Å². The van der Waals surface area contributed by atoms with Gasteiger partial charge in [-0.25, -0.2) is 4.98 Å². The summed E-state index contributed by atoms with van der Waals surface area (Å²) in [5.74, 6) is 2.26. The monoisotopic (exact) mass is 462 g/mol. The molecule has 178 valence electrons. The second-order valence-corrected chi connectivity index (χ2v) is 8.96. The lowest BCUT2D eigenvalue weighted by Gasteiger charge is -2.43. The molecule has 1 aromatic carbocycles. The van der Waals surface area contributed by atoms with Crippen molar-refractivity contribution >= 4 is 5.82 Å². The molecule has 2 saturated heterocycles. The third kappa shape index (κ3) is 5.19. The molecule has 4 heterocycles. The summed E-state index contributed by atoms with van der Waals surface area (Å²) in [6.45, 7) is 6.90. The maximum atomic E-state index is 12.8. The number of ether oxygens (including phenoxy) is 2. The standard InChI is InChI=1S/C24H29F3N4O2/c25-24(26,27)18-5-6-23(28-15-18)31-13-11-30(12-14-31)19-7-9-29(10-8-19)16-20-17-32-21-3-1-2-4-22(21)33-20/h1-6,15,19-20H,7-14,16-17H2. The van der Waals surface area contributed by atoms with E-state index in [-0.39, 0.29) is 6.10 Å². The quantitative estimate of drug-likeness (QED) is 0.693. The van der Waals surface area contributed by atoms with E-state index < -0.39 is 11.7 Å². The van der Waals surface area contributed by atoms with E-state index >= 15 is 0 Å². The molecule has 0 bridgehead atoms. The number of nitrogens with zero attached hydrogens (tertiary/aromatic N) is 4. The van der Waals surface area contributed by atoms with Crippen LogP contribution in [0.3, 0.4) is 0 Å². The van der Waals surface area contributed by atoms with Crippen LogP contribution in [-0.2, 0) is 6.18 Å².